The number of hydrogen-bond donors (Lipinski definition) is 2. The van der Waals surface area contributed by atoms with E-state index in [1.807, 2.05) is 0 Å². The van der Waals surface area contributed by atoms with Gasteiger partial charge in [0.25, 0.3) is 0 Å². The molecule has 0 bridgehead atoms. The second-order valence-corrected chi connectivity index (χ2v) is 4.28. The number of nitrogens with two attached hydrogens (primary N) is 1. The summed E-state index contributed by atoms with van der Waals surface area (Å²) in [5.74, 6) is 0.0415. The van der Waals surface area contributed by atoms with Gasteiger partial charge in [-0.2, -0.15) is 5.10 Å². The van der Waals surface area contributed by atoms with Crippen molar-refractivity contribution in [1.29, 1.82) is 0 Å². The predicted octanol–water partition coefficient (Wildman–Crippen LogP) is 1.31. The molecule has 1 heterocycles. The fourth-order valence-electron chi connectivity index (χ4n) is 1.66. The number of esters is 1. The van der Waals surface area contributed by atoms with Crippen molar-refractivity contribution < 1.29 is 19.1 Å². The number of ether oxygens (including phenoxy) is 2. The highest BCUT2D eigenvalue weighted by atomic mass is 16.6. The smallest absolute Gasteiger partial charge is 0.345 e. The quantitative estimate of drug-likeness (QED) is 0.373. The van der Waals surface area contributed by atoms with Crippen molar-refractivity contribution in [2.24, 2.45) is 10.8 Å². The molecule has 0 saturated heterocycles. The highest BCUT2D eigenvalue weighted by molar-refractivity contribution is 5.91. The summed E-state index contributed by atoms with van der Waals surface area (Å²) in [5.41, 5.74) is 7.92. The van der Waals surface area contributed by atoms with Crippen LogP contribution >= 0.6 is 0 Å². The van der Waals surface area contributed by atoms with Gasteiger partial charge in [0.1, 0.15) is 0 Å². The molecule has 2 aromatic rings. The minimum absolute atomic E-state index is 0.251. The van der Waals surface area contributed by atoms with Gasteiger partial charge in [-0.15, -0.1) is 0 Å². The Bertz CT molecular complexity index is 732. The molecule has 2 amide bonds. The van der Waals surface area contributed by atoms with Crippen LogP contribution in [0.4, 0.5) is 4.79 Å². The van der Waals surface area contributed by atoms with Gasteiger partial charge in [-0.3, -0.25) is 4.98 Å². The van der Waals surface area contributed by atoms with Crippen molar-refractivity contribution in [2.45, 2.75) is 0 Å². The Labute approximate surface area is 131 Å². The zero-order valence-corrected chi connectivity index (χ0v) is 12.2. The van der Waals surface area contributed by atoms with E-state index in [-0.39, 0.29) is 5.75 Å². The monoisotopic (exact) mass is 314 g/mol. The lowest BCUT2D eigenvalue weighted by Gasteiger charge is -2.09. The highest BCUT2D eigenvalue weighted by Crippen LogP contribution is 2.28. The van der Waals surface area contributed by atoms with Crippen LogP contribution in [0.5, 0.6) is 11.5 Å². The molecule has 2 rings (SSSR count). The van der Waals surface area contributed by atoms with Crippen molar-refractivity contribution in [3.05, 3.63) is 53.9 Å². The van der Waals surface area contributed by atoms with Gasteiger partial charge in [-0.1, -0.05) is 0 Å². The van der Waals surface area contributed by atoms with Gasteiger partial charge in [0.2, 0.25) is 0 Å². The van der Waals surface area contributed by atoms with E-state index < -0.39 is 12.0 Å². The Kier molecular flexibility index (Phi) is 5.24. The molecule has 0 unspecified atom stereocenters. The van der Waals surface area contributed by atoms with Crippen LogP contribution in [0.25, 0.3) is 0 Å². The summed E-state index contributed by atoms with van der Waals surface area (Å²) in [6.45, 7) is 0. The summed E-state index contributed by atoms with van der Waals surface area (Å²) >= 11 is 0. The largest absolute Gasteiger partial charge is 0.493 e. The van der Waals surface area contributed by atoms with E-state index >= 15 is 0 Å². The number of pyridine rings is 1. The molecule has 23 heavy (non-hydrogen) atoms. The molecule has 1 aromatic carbocycles. The first-order valence-electron chi connectivity index (χ1n) is 6.49. The van der Waals surface area contributed by atoms with Gasteiger partial charge >= 0.3 is 12.0 Å². The SMILES string of the molecule is COc1cc(/C=N\NC(N)=O)ccc1OC(=O)c1cccnc1. The minimum Gasteiger partial charge on any atom is -0.493 e. The maximum Gasteiger partial charge on any atom is 0.345 e. The number of methoxy groups -OCH3 is 1. The number of carbonyl (C=O) groups is 2. The molecule has 118 valence electrons. The van der Waals surface area contributed by atoms with E-state index in [0.717, 1.165) is 0 Å². The number of nitrogens with zero attached hydrogens (tertiary/aromatic N) is 2. The van der Waals surface area contributed by atoms with Gasteiger partial charge in [0, 0.05) is 12.4 Å². The number of nitrogens with one attached hydrogen (secondary N) is 1. The van der Waals surface area contributed by atoms with E-state index in [1.54, 1.807) is 36.5 Å². The summed E-state index contributed by atoms with van der Waals surface area (Å²) in [7, 11) is 1.44. The molecule has 0 aliphatic carbocycles. The molecule has 0 radical (unpaired) electrons. The Morgan fingerprint density at radius 3 is 2.78 bits per heavy atom. The third kappa shape index (κ3) is 4.53. The average molecular weight is 314 g/mol. The zero-order chi connectivity index (χ0) is 16.7. The van der Waals surface area contributed by atoms with Crippen molar-refractivity contribution in [1.82, 2.24) is 10.4 Å². The van der Waals surface area contributed by atoms with Crippen molar-refractivity contribution in [3.8, 4) is 11.5 Å². The number of benzene rings is 1. The van der Waals surface area contributed by atoms with Crippen LogP contribution < -0.4 is 20.6 Å². The molecular formula is C15H14N4O4. The van der Waals surface area contributed by atoms with Gasteiger partial charge in [-0.05, 0) is 35.9 Å². The summed E-state index contributed by atoms with van der Waals surface area (Å²) in [5, 5.41) is 3.63. The number of primary amides is 1. The van der Waals surface area contributed by atoms with Gasteiger partial charge < -0.3 is 15.2 Å². The van der Waals surface area contributed by atoms with Crippen LogP contribution in [-0.2, 0) is 0 Å². The second kappa shape index (κ2) is 7.55. The summed E-state index contributed by atoms with van der Waals surface area (Å²) < 4.78 is 10.5. The zero-order valence-electron chi connectivity index (χ0n) is 12.2. The number of urea groups is 1. The van der Waals surface area contributed by atoms with Crippen molar-refractivity contribution in [3.63, 3.8) is 0 Å². The Morgan fingerprint density at radius 1 is 1.30 bits per heavy atom. The normalized spacial score (nSPS) is 10.3. The van der Waals surface area contributed by atoms with E-state index in [0.29, 0.717) is 16.9 Å². The first-order chi connectivity index (χ1) is 11.1. The summed E-state index contributed by atoms with van der Waals surface area (Å²) in [6, 6.07) is 7.25. The van der Waals surface area contributed by atoms with Crippen LogP contribution in [-0.4, -0.2) is 30.3 Å². The molecule has 8 nitrogen and oxygen atoms in total. The molecule has 0 fully saturated rings. The topological polar surface area (TPSA) is 116 Å². The maximum absolute atomic E-state index is 12.0. The standard InChI is InChI=1S/C15H14N4O4/c1-22-13-7-10(8-18-19-15(16)21)4-5-12(13)23-14(20)11-3-2-6-17-9-11/h2-9H,1H3,(H3,16,19,21)/b18-8-. The Morgan fingerprint density at radius 2 is 2.13 bits per heavy atom. The van der Waals surface area contributed by atoms with Crippen LogP contribution in [0.1, 0.15) is 15.9 Å². The molecule has 0 aliphatic heterocycles. The predicted molar refractivity (Wildman–Crippen MR) is 82.5 cm³/mol. The molecular weight excluding hydrogens is 300 g/mol. The number of amides is 2. The van der Waals surface area contributed by atoms with Crippen LogP contribution in [0.2, 0.25) is 0 Å². The van der Waals surface area contributed by atoms with E-state index in [1.165, 1.54) is 19.5 Å². The van der Waals surface area contributed by atoms with E-state index in [4.69, 9.17) is 15.2 Å². The molecule has 0 aliphatic rings. The lowest BCUT2D eigenvalue weighted by molar-refractivity contribution is 0.0729. The first-order valence-corrected chi connectivity index (χ1v) is 6.49. The number of aromatic nitrogens is 1. The average Bonchev–Trinajstić information content (AvgIpc) is 2.56. The number of hydrogen-bond acceptors (Lipinski definition) is 6. The van der Waals surface area contributed by atoms with Crippen LogP contribution in [0.3, 0.4) is 0 Å². The Balaban J connectivity index is 2.15. The fourth-order valence-corrected chi connectivity index (χ4v) is 1.66. The number of hydrazone groups is 1. The maximum atomic E-state index is 12.0. The molecule has 8 heteroatoms. The van der Waals surface area contributed by atoms with Gasteiger partial charge in [0.05, 0.1) is 18.9 Å². The molecule has 3 N–H and O–H groups in total. The molecule has 1 aromatic heterocycles. The van der Waals surface area contributed by atoms with Crippen LogP contribution in [0.15, 0.2) is 47.8 Å². The van der Waals surface area contributed by atoms with Gasteiger partial charge in [0.15, 0.2) is 11.5 Å². The third-order valence-electron chi connectivity index (χ3n) is 2.68. The van der Waals surface area contributed by atoms with E-state index in [2.05, 4.69) is 15.5 Å². The van der Waals surface area contributed by atoms with E-state index in [9.17, 15) is 9.59 Å². The van der Waals surface area contributed by atoms with Crippen molar-refractivity contribution in [2.75, 3.05) is 7.11 Å². The third-order valence-corrected chi connectivity index (χ3v) is 2.68. The second-order valence-electron chi connectivity index (χ2n) is 4.28. The molecule has 0 saturated carbocycles. The Hall–Kier alpha value is -3.42. The lowest BCUT2D eigenvalue weighted by atomic mass is 10.2. The number of carbonyl (C=O) groups excluding carboxylic acids is 2. The lowest BCUT2D eigenvalue weighted by Crippen LogP contribution is -2.24. The molecule has 0 spiro atoms. The van der Waals surface area contributed by atoms with Gasteiger partial charge in [-0.25, -0.2) is 15.0 Å². The fraction of sp³-hybridized carbons (Fsp3) is 0.0667. The van der Waals surface area contributed by atoms with Crippen molar-refractivity contribution >= 4 is 18.2 Å². The highest BCUT2D eigenvalue weighted by Gasteiger charge is 2.12. The molecule has 0 atom stereocenters. The summed E-state index contributed by atoms with van der Waals surface area (Å²) in [4.78, 5) is 26.4. The summed E-state index contributed by atoms with van der Waals surface area (Å²) in [6.07, 6.45) is 4.34. The number of rotatable bonds is 5. The minimum atomic E-state index is -0.768. The van der Waals surface area contributed by atoms with Crippen LogP contribution in [0, 0.1) is 0 Å². The first kappa shape index (κ1) is 16.0.